The third-order valence-corrected chi connectivity index (χ3v) is 6.38. The summed E-state index contributed by atoms with van der Waals surface area (Å²) < 4.78 is 5.70. The number of amides is 1. The monoisotopic (exact) mass is 409 g/mol. The van der Waals surface area contributed by atoms with E-state index in [1.807, 2.05) is 26.2 Å². The number of anilines is 1. The van der Waals surface area contributed by atoms with E-state index in [0.29, 0.717) is 18.2 Å². The summed E-state index contributed by atoms with van der Waals surface area (Å²) in [5.41, 5.74) is 8.26. The van der Waals surface area contributed by atoms with Crippen LogP contribution in [0.2, 0.25) is 0 Å². The molecule has 0 spiro atoms. The highest BCUT2D eigenvalue weighted by Gasteiger charge is 2.63. The van der Waals surface area contributed by atoms with Gasteiger partial charge >= 0.3 is 0 Å². The first-order valence-electron chi connectivity index (χ1n) is 9.08. The van der Waals surface area contributed by atoms with E-state index >= 15 is 0 Å². The minimum absolute atomic E-state index is 0. The van der Waals surface area contributed by atoms with Crippen molar-refractivity contribution in [2.75, 3.05) is 11.9 Å². The predicted molar refractivity (Wildman–Crippen MR) is 114 cm³/mol. The summed E-state index contributed by atoms with van der Waals surface area (Å²) in [6.07, 6.45) is 1.54. The second kappa shape index (κ2) is 8.27. The van der Waals surface area contributed by atoms with Gasteiger partial charge in [0.15, 0.2) is 5.13 Å². The van der Waals surface area contributed by atoms with E-state index in [9.17, 15) is 4.79 Å². The molecule has 1 aliphatic rings. The lowest BCUT2D eigenvalue weighted by Crippen LogP contribution is -2.74. The Kier molecular flexibility index (Phi) is 6.68. The van der Waals surface area contributed by atoms with Crippen molar-refractivity contribution in [2.45, 2.75) is 52.2 Å². The number of halogens is 1. The van der Waals surface area contributed by atoms with Crippen molar-refractivity contribution >= 4 is 34.8 Å². The molecule has 3 N–H and O–H groups in total. The molecule has 1 fully saturated rings. The molecule has 2 atom stereocenters. The average molecular weight is 410 g/mol. The fourth-order valence-corrected chi connectivity index (χ4v) is 4.12. The number of thiazole rings is 1. The maximum atomic E-state index is 12.8. The Labute approximate surface area is 171 Å². The smallest absolute Gasteiger partial charge is 0.246 e. The summed E-state index contributed by atoms with van der Waals surface area (Å²) >= 11 is 1.41. The molecule has 2 unspecified atom stereocenters. The molecule has 148 valence electrons. The molecule has 2 aromatic rings. The van der Waals surface area contributed by atoms with Crippen LogP contribution < -0.4 is 11.1 Å². The second-order valence-electron chi connectivity index (χ2n) is 7.38. The topological polar surface area (TPSA) is 77.2 Å². The number of rotatable bonds is 6. The Morgan fingerprint density at radius 1 is 1.33 bits per heavy atom. The zero-order valence-corrected chi connectivity index (χ0v) is 17.9. The van der Waals surface area contributed by atoms with Gasteiger partial charge in [-0.15, -0.1) is 23.7 Å². The van der Waals surface area contributed by atoms with E-state index < -0.39 is 11.0 Å². The molecule has 5 nitrogen and oxygen atoms in total. The summed E-state index contributed by atoms with van der Waals surface area (Å²) in [4.78, 5) is 17.3. The van der Waals surface area contributed by atoms with E-state index in [-0.39, 0.29) is 24.4 Å². The van der Waals surface area contributed by atoms with Crippen molar-refractivity contribution in [3.63, 3.8) is 0 Å². The lowest BCUT2D eigenvalue weighted by atomic mass is 9.54. The number of carbonyl (C=O) groups excluding carboxylic acids is 1. The molecule has 3 rings (SSSR count). The minimum atomic E-state index is -0.943. The van der Waals surface area contributed by atoms with Crippen LogP contribution in [0.4, 0.5) is 5.13 Å². The van der Waals surface area contributed by atoms with Gasteiger partial charge < -0.3 is 15.8 Å². The number of carbonyl (C=O) groups is 1. The number of ether oxygens (including phenoxy) is 1. The van der Waals surface area contributed by atoms with Crippen molar-refractivity contribution in [1.82, 2.24) is 4.98 Å². The van der Waals surface area contributed by atoms with Crippen molar-refractivity contribution in [2.24, 2.45) is 11.1 Å². The van der Waals surface area contributed by atoms with Crippen LogP contribution in [0.5, 0.6) is 0 Å². The van der Waals surface area contributed by atoms with Crippen LogP contribution in [0, 0.1) is 5.41 Å². The van der Waals surface area contributed by atoms with Gasteiger partial charge in [0.05, 0.1) is 11.8 Å². The van der Waals surface area contributed by atoms with Gasteiger partial charge in [0, 0.05) is 29.4 Å². The SMILES string of the molecule is CCOC1CC(N)(C(=O)Nc2nc(-c3ccc(CC)cc3)cs2)C1(C)C.Cl. The molecule has 27 heavy (non-hydrogen) atoms. The molecular formula is C20H28ClN3O2S. The lowest BCUT2D eigenvalue weighted by molar-refractivity contribution is -0.166. The van der Waals surface area contributed by atoms with E-state index in [1.54, 1.807) is 0 Å². The fraction of sp³-hybridized carbons (Fsp3) is 0.500. The first-order chi connectivity index (χ1) is 12.3. The van der Waals surface area contributed by atoms with Crippen LogP contribution in [0.25, 0.3) is 11.3 Å². The van der Waals surface area contributed by atoms with Gasteiger partial charge in [0.1, 0.15) is 5.54 Å². The highest BCUT2D eigenvalue weighted by atomic mass is 35.5. The molecule has 1 amide bonds. The average Bonchev–Trinajstić information content (AvgIpc) is 3.09. The number of hydrogen-bond acceptors (Lipinski definition) is 5. The van der Waals surface area contributed by atoms with E-state index in [1.165, 1.54) is 16.9 Å². The molecule has 1 heterocycles. The Balaban J connectivity index is 0.00000261. The van der Waals surface area contributed by atoms with E-state index in [2.05, 4.69) is 41.5 Å². The number of nitrogens with one attached hydrogen (secondary N) is 1. The largest absolute Gasteiger partial charge is 0.378 e. The standard InChI is InChI=1S/C20H27N3O2S.ClH/c1-5-13-7-9-14(10-8-13)15-12-26-18(22-15)23-17(24)20(21)11-16(25-6-2)19(20,3)4;/h7-10,12,16H,5-6,11,21H2,1-4H3,(H,22,23,24);1H. The highest BCUT2D eigenvalue weighted by Crippen LogP contribution is 2.50. The third kappa shape index (κ3) is 3.90. The third-order valence-electron chi connectivity index (χ3n) is 5.62. The van der Waals surface area contributed by atoms with Gasteiger partial charge in [-0.1, -0.05) is 45.0 Å². The first kappa shape index (κ1) is 21.8. The highest BCUT2D eigenvalue weighted by molar-refractivity contribution is 7.14. The van der Waals surface area contributed by atoms with Crippen LogP contribution in [-0.2, 0) is 16.0 Å². The molecule has 1 aliphatic carbocycles. The van der Waals surface area contributed by atoms with Crippen LogP contribution >= 0.6 is 23.7 Å². The van der Waals surface area contributed by atoms with Crippen LogP contribution in [0.1, 0.15) is 39.7 Å². The van der Waals surface area contributed by atoms with Crippen molar-refractivity contribution < 1.29 is 9.53 Å². The molecule has 1 aromatic heterocycles. The Hall–Kier alpha value is -1.47. The Bertz CT molecular complexity index is 791. The molecule has 7 heteroatoms. The van der Waals surface area contributed by atoms with Gasteiger partial charge in [0.2, 0.25) is 5.91 Å². The maximum absolute atomic E-state index is 12.8. The molecule has 0 aliphatic heterocycles. The number of benzene rings is 1. The zero-order chi connectivity index (χ0) is 18.9. The summed E-state index contributed by atoms with van der Waals surface area (Å²) in [5, 5.41) is 5.43. The number of aryl methyl sites for hydroxylation is 1. The molecular weight excluding hydrogens is 382 g/mol. The van der Waals surface area contributed by atoms with E-state index in [4.69, 9.17) is 10.5 Å². The normalized spacial score (nSPS) is 23.2. The van der Waals surface area contributed by atoms with Gasteiger partial charge in [0.25, 0.3) is 0 Å². The second-order valence-corrected chi connectivity index (χ2v) is 8.24. The lowest BCUT2D eigenvalue weighted by Gasteiger charge is -2.57. The molecule has 1 saturated carbocycles. The molecule has 0 bridgehead atoms. The number of aromatic nitrogens is 1. The van der Waals surface area contributed by atoms with Crippen molar-refractivity contribution in [3.8, 4) is 11.3 Å². The molecule has 0 radical (unpaired) electrons. The Morgan fingerprint density at radius 3 is 2.56 bits per heavy atom. The van der Waals surface area contributed by atoms with E-state index in [0.717, 1.165) is 17.7 Å². The molecule has 0 saturated heterocycles. The predicted octanol–water partition coefficient (Wildman–Crippen LogP) is 4.27. The van der Waals surface area contributed by atoms with Gasteiger partial charge in [-0.05, 0) is 18.9 Å². The number of nitrogens with two attached hydrogens (primary N) is 1. The number of hydrogen-bond donors (Lipinski definition) is 2. The first-order valence-corrected chi connectivity index (χ1v) is 9.96. The quantitative estimate of drug-likeness (QED) is 0.746. The fourth-order valence-electron chi connectivity index (χ4n) is 3.40. The van der Waals surface area contributed by atoms with Gasteiger partial charge in [-0.2, -0.15) is 0 Å². The number of nitrogens with zero attached hydrogens (tertiary/aromatic N) is 1. The van der Waals surface area contributed by atoms with Crippen molar-refractivity contribution in [1.29, 1.82) is 0 Å². The van der Waals surface area contributed by atoms with Crippen LogP contribution in [0.15, 0.2) is 29.6 Å². The van der Waals surface area contributed by atoms with Gasteiger partial charge in [-0.25, -0.2) is 4.98 Å². The minimum Gasteiger partial charge on any atom is -0.378 e. The zero-order valence-electron chi connectivity index (χ0n) is 16.2. The van der Waals surface area contributed by atoms with Crippen LogP contribution in [-0.4, -0.2) is 29.1 Å². The van der Waals surface area contributed by atoms with Crippen molar-refractivity contribution in [3.05, 3.63) is 35.2 Å². The van der Waals surface area contributed by atoms with Gasteiger partial charge in [-0.3, -0.25) is 4.79 Å². The summed E-state index contributed by atoms with van der Waals surface area (Å²) in [6.45, 7) is 8.68. The summed E-state index contributed by atoms with van der Waals surface area (Å²) in [7, 11) is 0. The Morgan fingerprint density at radius 2 is 2.00 bits per heavy atom. The van der Waals surface area contributed by atoms with Crippen LogP contribution in [0.3, 0.4) is 0 Å². The summed E-state index contributed by atoms with van der Waals surface area (Å²) in [6, 6.07) is 8.33. The summed E-state index contributed by atoms with van der Waals surface area (Å²) in [5.74, 6) is -0.194. The molecule has 1 aromatic carbocycles. The maximum Gasteiger partial charge on any atom is 0.246 e.